The van der Waals surface area contributed by atoms with E-state index in [2.05, 4.69) is 15.5 Å². The second kappa shape index (κ2) is 8.53. The molecule has 1 fully saturated rings. The quantitative estimate of drug-likeness (QED) is 0.749. The average Bonchev–Trinajstić information content (AvgIpc) is 2.54. The van der Waals surface area contributed by atoms with Crippen molar-refractivity contribution in [3.8, 4) is 0 Å². The van der Waals surface area contributed by atoms with Gasteiger partial charge in [0, 0.05) is 19.1 Å². The number of piperidine rings is 1. The minimum atomic E-state index is -0.950. The molecular weight excluding hydrogens is 294 g/mol. The standard InChI is InChI=1S/C17H25N3O3/c1-13(12-20-9-3-2-4-10-20)19-17(23)18-11-14-5-7-15(8-6-14)16(21)22/h5-8,13H,2-4,9-12H2,1H3,(H,21,22)(H2,18,19,23). The third-order valence-electron chi connectivity index (χ3n) is 4.01. The van der Waals surface area contributed by atoms with E-state index in [0.29, 0.717) is 6.54 Å². The number of carbonyl (C=O) groups excluding carboxylic acids is 1. The zero-order valence-corrected chi connectivity index (χ0v) is 13.5. The highest BCUT2D eigenvalue weighted by atomic mass is 16.4. The molecule has 0 bridgehead atoms. The monoisotopic (exact) mass is 319 g/mol. The van der Waals surface area contributed by atoms with Crippen LogP contribution in [-0.2, 0) is 6.54 Å². The van der Waals surface area contributed by atoms with Gasteiger partial charge in [0.1, 0.15) is 0 Å². The molecule has 1 saturated heterocycles. The van der Waals surface area contributed by atoms with Gasteiger partial charge in [-0.25, -0.2) is 9.59 Å². The molecule has 1 atom stereocenters. The number of likely N-dealkylation sites (tertiary alicyclic amines) is 1. The molecule has 0 saturated carbocycles. The number of aromatic carboxylic acids is 1. The van der Waals surface area contributed by atoms with Crippen LogP contribution in [0.3, 0.4) is 0 Å². The number of nitrogens with zero attached hydrogens (tertiary/aromatic N) is 1. The van der Waals surface area contributed by atoms with E-state index in [1.54, 1.807) is 12.1 Å². The smallest absolute Gasteiger partial charge is 0.335 e. The van der Waals surface area contributed by atoms with E-state index in [1.165, 1.54) is 31.4 Å². The van der Waals surface area contributed by atoms with Crippen LogP contribution in [0.25, 0.3) is 0 Å². The Morgan fingerprint density at radius 1 is 1.17 bits per heavy atom. The number of hydrogen-bond donors (Lipinski definition) is 3. The van der Waals surface area contributed by atoms with Gasteiger partial charge in [-0.3, -0.25) is 0 Å². The van der Waals surface area contributed by atoms with Crippen molar-refractivity contribution in [2.24, 2.45) is 0 Å². The van der Waals surface area contributed by atoms with Crippen molar-refractivity contribution < 1.29 is 14.7 Å². The summed E-state index contributed by atoms with van der Waals surface area (Å²) in [5.41, 5.74) is 1.11. The molecule has 0 aliphatic carbocycles. The first kappa shape index (κ1) is 17.3. The predicted molar refractivity (Wildman–Crippen MR) is 88.5 cm³/mol. The van der Waals surface area contributed by atoms with Crippen molar-refractivity contribution in [1.82, 2.24) is 15.5 Å². The van der Waals surface area contributed by atoms with Crippen LogP contribution in [0.2, 0.25) is 0 Å². The summed E-state index contributed by atoms with van der Waals surface area (Å²) in [6.45, 7) is 5.49. The summed E-state index contributed by atoms with van der Waals surface area (Å²) in [6.07, 6.45) is 3.79. The summed E-state index contributed by atoms with van der Waals surface area (Å²) >= 11 is 0. The van der Waals surface area contributed by atoms with Crippen molar-refractivity contribution in [1.29, 1.82) is 0 Å². The van der Waals surface area contributed by atoms with Crippen LogP contribution >= 0.6 is 0 Å². The zero-order valence-electron chi connectivity index (χ0n) is 13.5. The van der Waals surface area contributed by atoms with Gasteiger partial charge < -0.3 is 20.6 Å². The van der Waals surface area contributed by atoms with E-state index in [9.17, 15) is 9.59 Å². The van der Waals surface area contributed by atoms with Gasteiger partial charge in [0.2, 0.25) is 0 Å². The normalized spacial score (nSPS) is 16.6. The van der Waals surface area contributed by atoms with E-state index in [1.807, 2.05) is 6.92 Å². The Morgan fingerprint density at radius 3 is 2.43 bits per heavy atom. The Kier molecular flexibility index (Phi) is 6.40. The van der Waals surface area contributed by atoms with Crippen LogP contribution < -0.4 is 10.6 Å². The second-order valence-electron chi connectivity index (χ2n) is 6.09. The highest BCUT2D eigenvalue weighted by Crippen LogP contribution is 2.08. The lowest BCUT2D eigenvalue weighted by Crippen LogP contribution is -2.46. The Morgan fingerprint density at radius 2 is 1.83 bits per heavy atom. The van der Waals surface area contributed by atoms with Crippen molar-refractivity contribution >= 4 is 12.0 Å². The maximum absolute atomic E-state index is 11.9. The van der Waals surface area contributed by atoms with Crippen LogP contribution in [-0.4, -0.2) is 47.7 Å². The fraction of sp³-hybridized carbons (Fsp3) is 0.529. The molecule has 1 aromatic rings. The summed E-state index contributed by atoms with van der Waals surface area (Å²) in [6, 6.07) is 6.40. The summed E-state index contributed by atoms with van der Waals surface area (Å²) in [4.78, 5) is 25.1. The molecule has 23 heavy (non-hydrogen) atoms. The van der Waals surface area contributed by atoms with E-state index in [0.717, 1.165) is 25.2 Å². The van der Waals surface area contributed by atoms with Gasteiger partial charge >= 0.3 is 12.0 Å². The molecule has 1 aromatic carbocycles. The minimum absolute atomic E-state index is 0.0995. The number of nitrogens with one attached hydrogen (secondary N) is 2. The van der Waals surface area contributed by atoms with Gasteiger partial charge in [-0.1, -0.05) is 18.6 Å². The SMILES string of the molecule is CC(CN1CCCCC1)NC(=O)NCc1ccc(C(=O)O)cc1. The number of urea groups is 1. The number of carboxylic acids is 1. The van der Waals surface area contributed by atoms with Crippen LogP contribution in [0.5, 0.6) is 0 Å². The van der Waals surface area contributed by atoms with Crippen LogP contribution in [0.15, 0.2) is 24.3 Å². The topological polar surface area (TPSA) is 81.7 Å². The summed E-state index contributed by atoms with van der Waals surface area (Å²) in [7, 11) is 0. The van der Waals surface area contributed by atoms with Crippen molar-refractivity contribution in [3.63, 3.8) is 0 Å². The molecule has 6 nitrogen and oxygen atoms in total. The van der Waals surface area contributed by atoms with Crippen molar-refractivity contribution in [2.45, 2.75) is 38.8 Å². The maximum Gasteiger partial charge on any atom is 0.335 e. The van der Waals surface area contributed by atoms with Gasteiger partial charge in [-0.2, -0.15) is 0 Å². The number of amides is 2. The molecule has 1 unspecified atom stereocenters. The van der Waals surface area contributed by atoms with E-state index < -0.39 is 5.97 Å². The number of carboxylic acid groups (broad SMARTS) is 1. The van der Waals surface area contributed by atoms with E-state index in [4.69, 9.17) is 5.11 Å². The Labute approximate surface area is 136 Å². The molecule has 0 aromatic heterocycles. The molecule has 1 heterocycles. The third-order valence-corrected chi connectivity index (χ3v) is 4.01. The first-order chi connectivity index (χ1) is 11.0. The lowest BCUT2D eigenvalue weighted by molar-refractivity contribution is 0.0697. The average molecular weight is 319 g/mol. The number of hydrogen-bond acceptors (Lipinski definition) is 3. The van der Waals surface area contributed by atoms with Crippen molar-refractivity contribution in [3.05, 3.63) is 35.4 Å². The molecule has 1 aliphatic heterocycles. The van der Waals surface area contributed by atoms with Gasteiger partial charge in [0.15, 0.2) is 0 Å². The Balaban J connectivity index is 1.70. The highest BCUT2D eigenvalue weighted by Gasteiger charge is 2.14. The number of carbonyl (C=O) groups is 2. The molecule has 2 amide bonds. The fourth-order valence-electron chi connectivity index (χ4n) is 2.80. The summed E-state index contributed by atoms with van der Waals surface area (Å²) in [5.74, 6) is -0.950. The molecule has 0 radical (unpaired) electrons. The fourth-order valence-corrected chi connectivity index (χ4v) is 2.80. The van der Waals surface area contributed by atoms with Crippen LogP contribution in [0.4, 0.5) is 4.79 Å². The zero-order chi connectivity index (χ0) is 16.7. The van der Waals surface area contributed by atoms with Gasteiger partial charge in [-0.15, -0.1) is 0 Å². The predicted octanol–water partition coefficient (Wildman–Crippen LogP) is 2.06. The van der Waals surface area contributed by atoms with Crippen molar-refractivity contribution in [2.75, 3.05) is 19.6 Å². The van der Waals surface area contributed by atoms with Crippen LogP contribution in [0, 0.1) is 0 Å². The Bertz CT molecular complexity index is 524. The summed E-state index contributed by atoms with van der Waals surface area (Å²) in [5, 5.41) is 14.6. The summed E-state index contributed by atoms with van der Waals surface area (Å²) < 4.78 is 0. The van der Waals surface area contributed by atoms with E-state index >= 15 is 0 Å². The molecular formula is C17H25N3O3. The number of benzene rings is 1. The molecule has 126 valence electrons. The molecule has 6 heteroatoms. The molecule has 0 spiro atoms. The second-order valence-corrected chi connectivity index (χ2v) is 6.09. The lowest BCUT2D eigenvalue weighted by atomic mass is 10.1. The maximum atomic E-state index is 11.9. The minimum Gasteiger partial charge on any atom is -0.478 e. The molecule has 1 aliphatic rings. The number of rotatable bonds is 6. The highest BCUT2D eigenvalue weighted by molar-refractivity contribution is 5.87. The Hall–Kier alpha value is -2.08. The van der Waals surface area contributed by atoms with E-state index in [-0.39, 0.29) is 17.6 Å². The molecule has 3 N–H and O–H groups in total. The van der Waals surface area contributed by atoms with Gasteiger partial charge in [0.05, 0.1) is 5.56 Å². The van der Waals surface area contributed by atoms with Gasteiger partial charge in [0.25, 0.3) is 0 Å². The first-order valence-electron chi connectivity index (χ1n) is 8.13. The van der Waals surface area contributed by atoms with Crippen LogP contribution in [0.1, 0.15) is 42.1 Å². The first-order valence-corrected chi connectivity index (χ1v) is 8.13. The molecule has 2 rings (SSSR count). The third kappa shape index (κ3) is 5.90. The van der Waals surface area contributed by atoms with Gasteiger partial charge in [-0.05, 0) is 50.6 Å². The largest absolute Gasteiger partial charge is 0.478 e. The lowest BCUT2D eigenvalue weighted by Gasteiger charge is -2.29.